The number of rotatable bonds is 1. The lowest BCUT2D eigenvalue weighted by atomic mass is 9.78. The van der Waals surface area contributed by atoms with E-state index >= 15 is 0 Å². The van der Waals surface area contributed by atoms with Gasteiger partial charge in [-0.3, -0.25) is 5.41 Å². The Balaban J connectivity index is 2.00. The van der Waals surface area contributed by atoms with E-state index in [0.717, 1.165) is 26.4 Å². The van der Waals surface area contributed by atoms with E-state index in [-0.39, 0.29) is 11.8 Å². The summed E-state index contributed by atoms with van der Waals surface area (Å²) in [7, 11) is 0. The molecule has 24 heavy (non-hydrogen) atoms. The molecule has 0 spiro atoms. The van der Waals surface area contributed by atoms with Crippen LogP contribution in [0.25, 0.3) is 10.8 Å². The van der Waals surface area contributed by atoms with E-state index in [1.165, 1.54) is 0 Å². The zero-order valence-electron chi connectivity index (χ0n) is 12.7. The first-order valence-electron chi connectivity index (χ1n) is 7.62. The van der Waals surface area contributed by atoms with Crippen LogP contribution < -0.4 is 4.74 Å². The van der Waals surface area contributed by atoms with Crippen molar-refractivity contribution < 1.29 is 4.74 Å². The summed E-state index contributed by atoms with van der Waals surface area (Å²) in [6.07, 6.45) is 0. The van der Waals surface area contributed by atoms with Crippen LogP contribution in [0.3, 0.4) is 0 Å². The molecule has 0 bridgehead atoms. The van der Waals surface area contributed by atoms with E-state index in [0.29, 0.717) is 5.75 Å². The minimum atomic E-state index is -0.632. The van der Waals surface area contributed by atoms with Gasteiger partial charge in [-0.25, -0.2) is 0 Å². The van der Waals surface area contributed by atoms with Crippen LogP contribution in [-0.2, 0) is 0 Å². The number of hydrogen-bond donors (Lipinski definition) is 1. The molecule has 1 heterocycles. The maximum atomic E-state index is 9.62. The number of nitrogens with zero attached hydrogens (tertiary/aromatic N) is 1. The van der Waals surface area contributed by atoms with Crippen LogP contribution >= 0.6 is 15.9 Å². The van der Waals surface area contributed by atoms with E-state index < -0.39 is 5.92 Å². The van der Waals surface area contributed by atoms with Gasteiger partial charge in [0.2, 0.25) is 5.90 Å². The Morgan fingerprint density at radius 2 is 1.88 bits per heavy atom. The number of nitrogens with one attached hydrogen (secondary N) is 1. The minimum Gasteiger partial charge on any atom is -0.441 e. The first kappa shape index (κ1) is 14.9. The van der Waals surface area contributed by atoms with Gasteiger partial charge in [0.05, 0.1) is 6.07 Å². The normalized spacial score (nSPS) is 19.4. The van der Waals surface area contributed by atoms with Gasteiger partial charge in [0.25, 0.3) is 0 Å². The molecule has 3 nitrogen and oxygen atoms in total. The molecule has 1 aliphatic rings. The average molecular weight is 377 g/mol. The van der Waals surface area contributed by atoms with Crippen molar-refractivity contribution in [1.82, 2.24) is 0 Å². The van der Waals surface area contributed by atoms with Gasteiger partial charge in [-0.15, -0.1) is 0 Å². The lowest BCUT2D eigenvalue weighted by Crippen LogP contribution is -2.31. The van der Waals surface area contributed by atoms with Crippen LogP contribution in [0.15, 0.2) is 65.1 Å². The standard InChI is InChI=1S/C20H13BrN2O/c21-14-6-3-5-13(10-14)18-16-9-8-12-4-1-2-7-15(12)19(16)24-20(23)17(18)11-22/h1-10,17-18,23H. The molecule has 0 aromatic heterocycles. The van der Waals surface area contributed by atoms with Crippen molar-refractivity contribution in [3.8, 4) is 11.8 Å². The van der Waals surface area contributed by atoms with Crippen molar-refractivity contribution in [3.63, 3.8) is 0 Å². The molecule has 0 saturated heterocycles. The second-order valence-corrected chi connectivity index (χ2v) is 6.73. The summed E-state index contributed by atoms with van der Waals surface area (Å²) < 4.78 is 6.74. The lowest BCUT2D eigenvalue weighted by molar-refractivity contribution is 0.455. The highest BCUT2D eigenvalue weighted by Gasteiger charge is 2.37. The third-order valence-electron chi connectivity index (χ3n) is 4.42. The summed E-state index contributed by atoms with van der Waals surface area (Å²) in [5.74, 6) is -0.151. The van der Waals surface area contributed by atoms with Crippen LogP contribution in [0.5, 0.6) is 5.75 Å². The number of halogens is 1. The number of hydrogen-bond acceptors (Lipinski definition) is 3. The molecule has 0 saturated carbocycles. The molecule has 4 rings (SSSR count). The smallest absolute Gasteiger partial charge is 0.205 e. The fourth-order valence-corrected chi connectivity index (χ4v) is 3.75. The molecule has 1 N–H and O–H groups in total. The highest BCUT2D eigenvalue weighted by Crippen LogP contribution is 2.45. The van der Waals surface area contributed by atoms with Crippen molar-refractivity contribution >= 4 is 32.6 Å². The summed E-state index contributed by atoms with van der Waals surface area (Å²) >= 11 is 3.50. The highest BCUT2D eigenvalue weighted by atomic mass is 79.9. The van der Waals surface area contributed by atoms with E-state index in [9.17, 15) is 5.26 Å². The van der Waals surface area contributed by atoms with Crippen molar-refractivity contribution in [3.05, 3.63) is 76.3 Å². The second kappa shape index (κ2) is 5.77. The predicted octanol–water partition coefficient (Wildman–Crippen LogP) is 5.24. The van der Waals surface area contributed by atoms with Gasteiger partial charge in [0, 0.05) is 21.3 Å². The molecule has 2 unspecified atom stereocenters. The van der Waals surface area contributed by atoms with Crippen LogP contribution in [0.1, 0.15) is 17.0 Å². The molecule has 0 radical (unpaired) electrons. The summed E-state index contributed by atoms with van der Waals surface area (Å²) in [6, 6.07) is 22.2. The highest BCUT2D eigenvalue weighted by molar-refractivity contribution is 9.10. The summed E-state index contributed by atoms with van der Waals surface area (Å²) in [5, 5.41) is 19.9. The van der Waals surface area contributed by atoms with Gasteiger partial charge in [0.15, 0.2) is 0 Å². The molecular formula is C20H13BrN2O. The fourth-order valence-electron chi connectivity index (χ4n) is 3.33. The van der Waals surface area contributed by atoms with E-state index in [4.69, 9.17) is 10.1 Å². The molecule has 0 aliphatic carbocycles. The molecule has 2 atom stereocenters. The first-order chi connectivity index (χ1) is 11.7. The molecule has 3 aromatic rings. The van der Waals surface area contributed by atoms with Crippen LogP contribution in [0, 0.1) is 22.7 Å². The zero-order chi connectivity index (χ0) is 16.7. The second-order valence-electron chi connectivity index (χ2n) is 5.81. The zero-order valence-corrected chi connectivity index (χ0v) is 14.2. The largest absolute Gasteiger partial charge is 0.441 e. The van der Waals surface area contributed by atoms with Gasteiger partial charge < -0.3 is 4.74 Å². The number of fused-ring (bicyclic) bond motifs is 3. The SMILES string of the molecule is N#CC1C(=N)Oc2c(ccc3ccccc23)C1c1cccc(Br)c1. The molecule has 0 amide bonds. The first-order valence-corrected chi connectivity index (χ1v) is 8.41. The third-order valence-corrected chi connectivity index (χ3v) is 4.91. The Morgan fingerprint density at radius 3 is 2.67 bits per heavy atom. The average Bonchev–Trinajstić information content (AvgIpc) is 2.60. The quantitative estimate of drug-likeness (QED) is 0.630. The summed E-state index contributed by atoms with van der Waals surface area (Å²) in [6.45, 7) is 0. The molecule has 3 aromatic carbocycles. The molecule has 116 valence electrons. The molecular weight excluding hydrogens is 364 g/mol. The number of nitriles is 1. The Labute approximate surface area is 148 Å². The van der Waals surface area contributed by atoms with Crippen LogP contribution in [-0.4, -0.2) is 5.90 Å². The van der Waals surface area contributed by atoms with Crippen molar-refractivity contribution in [2.75, 3.05) is 0 Å². The van der Waals surface area contributed by atoms with Crippen molar-refractivity contribution in [2.45, 2.75) is 5.92 Å². The van der Waals surface area contributed by atoms with E-state index in [2.05, 4.69) is 22.0 Å². The van der Waals surface area contributed by atoms with Gasteiger partial charge >= 0.3 is 0 Å². The van der Waals surface area contributed by atoms with Crippen LogP contribution in [0.4, 0.5) is 0 Å². The molecule has 0 fully saturated rings. The van der Waals surface area contributed by atoms with Gasteiger partial charge in [-0.2, -0.15) is 5.26 Å². The third kappa shape index (κ3) is 2.29. The molecule has 1 aliphatic heterocycles. The summed E-state index contributed by atoms with van der Waals surface area (Å²) in [4.78, 5) is 0. The maximum Gasteiger partial charge on any atom is 0.205 e. The van der Waals surface area contributed by atoms with E-state index in [1.54, 1.807) is 0 Å². The maximum absolute atomic E-state index is 9.62. The fraction of sp³-hybridized carbons (Fsp3) is 0.100. The Kier molecular flexibility index (Phi) is 3.59. The van der Waals surface area contributed by atoms with Crippen LogP contribution in [0.2, 0.25) is 0 Å². The van der Waals surface area contributed by atoms with Crippen molar-refractivity contribution in [1.29, 1.82) is 10.7 Å². The van der Waals surface area contributed by atoms with E-state index in [1.807, 2.05) is 60.7 Å². The van der Waals surface area contributed by atoms with Gasteiger partial charge in [-0.1, -0.05) is 64.5 Å². The molecule has 4 heteroatoms. The summed E-state index contributed by atoms with van der Waals surface area (Å²) in [5.41, 5.74) is 1.95. The van der Waals surface area contributed by atoms with Gasteiger partial charge in [-0.05, 0) is 23.1 Å². The number of benzene rings is 3. The Morgan fingerprint density at radius 1 is 1.04 bits per heavy atom. The minimum absolute atomic E-state index is 0.00586. The monoisotopic (exact) mass is 376 g/mol. The number of ether oxygens (including phenoxy) is 1. The van der Waals surface area contributed by atoms with Gasteiger partial charge in [0.1, 0.15) is 11.7 Å². The van der Waals surface area contributed by atoms with Crippen molar-refractivity contribution in [2.24, 2.45) is 5.92 Å². The topological polar surface area (TPSA) is 56.9 Å². The lowest BCUT2D eigenvalue weighted by Gasteiger charge is -2.31. The predicted molar refractivity (Wildman–Crippen MR) is 97.4 cm³/mol. The Bertz CT molecular complexity index is 1010. The Hall–Kier alpha value is -2.64.